The maximum atomic E-state index is 13.3. The molecule has 0 bridgehead atoms. The first-order chi connectivity index (χ1) is 18.5. The van der Waals surface area contributed by atoms with Crippen LogP contribution in [0.5, 0.6) is 5.75 Å². The Labute approximate surface area is 224 Å². The van der Waals surface area contributed by atoms with Gasteiger partial charge >= 0.3 is 0 Å². The highest BCUT2D eigenvalue weighted by atomic mass is 32.2. The van der Waals surface area contributed by atoms with E-state index >= 15 is 0 Å². The van der Waals surface area contributed by atoms with E-state index in [9.17, 15) is 9.59 Å². The van der Waals surface area contributed by atoms with Crippen molar-refractivity contribution in [1.82, 2.24) is 4.90 Å². The SMILES string of the molecule is Cc1ccc(NC(=O)COc2ccc(/C=C3\SC(=Nc4ccccc4)N(Cc4ccco4)C3=O)cc2)cc1. The maximum Gasteiger partial charge on any atom is 0.267 e. The van der Waals surface area contributed by atoms with Crippen LogP contribution in [0.1, 0.15) is 16.9 Å². The molecule has 1 N–H and O–H groups in total. The van der Waals surface area contributed by atoms with Gasteiger partial charge in [0, 0.05) is 5.69 Å². The molecule has 38 heavy (non-hydrogen) atoms. The molecule has 0 aliphatic carbocycles. The summed E-state index contributed by atoms with van der Waals surface area (Å²) < 4.78 is 11.1. The van der Waals surface area contributed by atoms with Crippen LogP contribution in [0.4, 0.5) is 11.4 Å². The fourth-order valence-electron chi connectivity index (χ4n) is 3.70. The summed E-state index contributed by atoms with van der Waals surface area (Å²) in [7, 11) is 0. The fourth-order valence-corrected chi connectivity index (χ4v) is 4.69. The van der Waals surface area contributed by atoms with E-state index in [2.05, 4.69) is 5.32 Å². The number of aryl methyl sites for hydroxylation is 1. The molecule has 5 rings (SSSR count). The lowest BCUT2D eigenvalue weighted by atomic mass is 10.2. The number of furan rings is 1. The van der Waals surface area contributed by atoms with Crippen molar-refractivity contribution in [1.29, 1.82) is 0 Å². The largest absolute Gasteiger partial charge is 0.484 e. The number of anilines is 1. The van der Waals surface area contributed by atoms with Crippen molar-refractivity contribution in [2.75, 3.05) is 11.9 Å². The molecular weight excluding hydrogens is 498 g/mol. The topological polar surface area (TPSA) is 84.1 Å². The second-order valence-corrected chi connectivity index (χ2v) is 9.59. The van der Waals surface area contributed by atoms with Gasteiger partial charge in [0.25, 0.3) is 11.8 Å². The number of amides is 2. The minimum atomic E-state index is -0.241. The van der Waals surface area contributed by atoms with Gasteiger partial charge < -0.3 is 14.5 Å². The number of amidine groups is 1. The molecule has 0 atom stereocenters. The van der Waals surface area contributed by atoms with E-state index in [-0.39, 0.29) is 18.4 Å². The molecule has 0 spiro atoms. The van der Waals surface area contributed by atoms with Crippen molar-refractivity contribution in [3.8, 4) is 5.75 Å². The Morgan fingerprint density at radius 2 is 1.76 bits per heavy atom. The number of carbonyl (C=O) groups is 2. The van der Waals surface area contributed by atoms with Gasteiger partial charge in [0.05, 0.1) is 23.4 Å². The third kappa shape index (κ3) is 6.41. The number of ether oxygens (including phenoxy) is 1. The molecule has 2 amide bonds. The monoisotopic (exact) mass is 523 g/mol. The number of carbonyl (C=O) groups excluding carboxylic acids is 2. The number of hydrogen-bond acceptors (Lipinski definition) is 6. The molecule has 8 heteroatoms. The fraction of sp³-hybridized carbons (Fsp3) is 0.100. The Morgan fingerprint density at radius 3 is 2.47 bits per heavy atom. The molecule has 7 nitrogen and oxygen atoms in total. The maximum absolute atomic E-state index is 13.3. The molecule has 1 aliphatic heterocycles. The number of nitrogens with zero attached hydrogens (tertiary/aromatic N) is 2. The molecule has 1 saturated heterocycles. The molecule has 3 aromatic carbocycles. The van der Waals surface area contributed by atoms with Gasteiger partial charge in [-0.3, -0.25) is 14.5 Å². The zero-order valence-electron chi connectivity index (χ0n) is 20.7. The first-order valence-corrected chi connectivity index (χ1v) is 12.8. The molecule has 0 radical (unpaired) electrons. The summed E-state index contributed by atoms with van der Waals surface area (Å²) in [5.74, 6) is 0.848. The van der Waals surface area contributed by atoms with E-state index in [1.165, 1.54) is 11.8 Å². The van der Waals surface area contributed by atoms with Crippen LogP contribution in [-0.4, -0.2) is 28.5 Å². The van der Waals surface area contributed by atoms with Crippen molar-refractivity contribution < 1.29 is 18.7 Å². The normalized spacial score (nSPS) is 15.3. The lowest BCUT2D eigenvalue weighted by molar-refractivity contribution is -0.122. The number of para-hydroxylation sites is 1. The summed E-state index contributed by atoms with van der Waals surface area (Å²) in [6, 6.07) is 28.0. The number of rotatable bonds is 8. The molecule has 1 fully saturated rings. The molecule has 1 aromatic heterocycles. The number of hydrogen-bond donors (Lipinski definition) is 1. The Kier molecular flexibility index (Phi) is 7.70. The van der Waals surface area contributed by atoms with E-state index in [1.54, 1.807) is 29.4 Å². The summed E-state index contributed by atoms with van der Waals surface area (Å²) in [6.45, 7) is 2.17. The average Bonchev–Trinajstić information content (AvgIpc) is 3.55. The van der Waals surface area contributed by atoms with Crippen molar-refractivity contribution in [2.45, 2.75) is 13.5 Å². The summed E-state index contributed by atoms with van der Waals surface area (Å²) >= 11 is 1.32. The minimum absolute atomic E-state index is 0.107. The van der Waals surface area contributed by atoms with Crippen LogP contribution in [0, 0.1) is 6.92 Å². The lowest BCUT2D eigenvalue weighted by Crippen LogP contribution is -2.28. The molecule has 4 aromatic rings. The van der Waals surface area contributed by atoms with Crippen molar-refractivity contribution in [2.24, 2.45) is 4.99 Å². The van der Waals surface area contributed by atoms with Crippen LogP contribution in [0.3, 0.4) is 0 Å². The predicted molar refractivity (Wildman–Crippen MR) is 150 cm³/mol. The van der Waals surface area contributed by atoms with Crippen LogP contribution < -0.4 is 10.1 Å². The van der Waals surface area contributed by atoms with Crippen LogP contribution in [0.25, 0.3) is 6.08 Å². The first kappa shape index (κ1) is 25.1. The summed E-state index contributed by atoms with van der Waals surface area (Å²) in [4.78, 5) is 32.4. The van der Waals surface area contributed by atoms with Gasteiger partial charge in [-0.2, -0.15) is 0 Å². The number of thioether (sulfide) groups is 1. The summed E-state index contributed by atoms with van der Waals surface area (Å²) in [6.07, 6.45) is 3.41. The Bertz CT molecular complexity index is 1460. The third-order valence-electron chi connectivity index (χ3n) is 5.65. The molecule has 0 saturated carbocycles. The standard InChI is InChI=1S/C30H25N3O4S/c1-21-9-13-24(14-10-21)31-28(34)20-37-25-15-11-22(12-16-25)18-27-29(35)33(19-26-8-5-17-36-26)30(38-27)32-23-6-3-2-4-7-23/h2-18H,19-20H2,1H3,(H,31,34)/b27-18-,32-30?. The highest BCUT2D eigenvalue weighted by molar-refractivity contribution is 8.18. The van der Waals surface area contributed by atoms with Crippen LogP contribution in [0.15, 0.2) is 112 Å². The smallest absolute Gasteiger partial charge is 0.267 e. The van der Waals surface area contributed by atoms with Crippen molar-refractivity contribution >= 4 is 46.2 Å². The van der Waals surface area contributed by atoms with Crippen LogP contribution in [-0.2, 0) is 16.1 Å². The third-order valence-corrected chi connectivity index (χ3v) is 6.65. The van der Waals surface area contributed by atoms with Gasteiger partial charge in [0.1, 0.15) is 11.5 Å². The average molecular weight is 524 g/mol. The zero-order chi connectivity index (χ0) is 26.3. The van der Waals surface area contributed by atoms with E-state index in [0.29, 0.717) is 28.1 Å². The van der Waals surface area contributed by atoms with E-state index in [0.717, 1.165) is 22.5 Å². The van der Waals surface area contributed by atoms with Gasteiger partial charge in [0.2, 0.25) is 0 Å². The Balaban J connectivity index is 1.26. The number of aliphatic imine (C=N–C) groups is 1. The Hall–Kier alpha value is -4.56. The molecular formula is C30H25N3O4S. The van der Waals surface area contributed by atoms with Gasteiger partial charge in [-0.1, -0.05) is 48.0 Å². The number of nitrogens with one attached hydrogen (secondary N) is 1. The zero-order valence-corrected chi connectivity index (χ0v) is 21.5. The van der Waals surface area contributed by atoms with Crippen molar-refractivity contribution in [3.63, 3.8) is 0 Å². The first-order valence-electron chi connectivity index (χ1n) is 12.0. The van der Waals surface area contributed by atoms with Crippen LogP contribution >= 0.6 is 11.8 Å². The minimum Gasteiger partial charge on any atom is -0.484 e. The second-order valence-electron chi connectivity index (χ2n) is 8.58. The molecule has 2 heterocycles. The Morgan fingerprint density at radius 1 is 1.00 bits per heavy atom. The summed E-state index contributed by atoms with van der Waals surface area (Å²) in [5.41, 5.74) is 3.44. The van der Waals surface area contributed by atoms with E-state index in [4.69, 9.17) is 14.1 Å². The molecule has 1 aliphatic rings. The van der Waals surface area contributed by atoms with Gasteiger partial charge in [-0.25, -0.2) is 4.99 Å². The van der Waals surface area contributed by atoms with Crippen molar-refractivity contribution in [3.05, 3.63) is 119 Å². The molecule has 190 valence electrons. The van der Waals surface area contributed by atoms with E-state index in [1.807, 2.05) is 85.8 Å². The number of benzene rings is 3. The highest BCUT2D eigenvalue weighted by Gasteiger charge is 2.34. The highest BCUT2D eigenvalue weighted by Crippen LogP contribution is 2.35. The summed E-state index contributed by atoms with van der Waals surface area (Å²) in [5, 5.41) is 3.40. The van der Waals surface area contributed by atoms with Gasteiger partial charge in [-0.05, 0) is 78.9 Å². The quantitative estimate of drug-likeness (QED) is 0.270. The molecule has 0 unspecified atom stereocenters. The predicted octanol–water partition coefficient (Wildman–Crippen LogP) is 6.41. The van der Waals surface area contributed by atoms with Gasteiger partial charge in [0.15, 0.2) is 11.8 Å². The van der Waals surface area contributed by atoms with Crippen LogP contribution in [0.2, 0.25) is 0 Å². The second kappa shape index (κ2) is 11.7. The van der Waals surface area contributed by atoms with E-state index < -0.39 is 0 Å². The van der Waals surface area contributed by atoms with Gasteiger partial charge in [-0.15, -0.1) is 0 Å². The lowest BCUT2D eigenvalue weighted by Gasteiger charge is -2.13.